The van der Waals surface area contributed by atoms with Crippen LogP contribution >= 0.6 is 0 Å². The zero-order valence-electron chi connectivity index (χ0n) is 23.5. The summed E-state index contributed by atoms with van der Waals surface area (Å²) >= 11 is 0. The molecule has 210 valence electrons. The van der Waals surface area contributed by atoms with Gasteiger partial charge in [-0.1, -0.05) is 0 Å². The van der Waals surface area contributed by atoms with Crippen molar-refractivity contribution in [2.45, 2.75) is 32.7 Å². The largest absolute Gasteiger partial charge is 0.369 e. The summed E-state index contributed by atoms with van der Waals surface area (Å²) in [6.45, 7) is 6.70. The van der Waals surface area contributed by atoms with E-state index in [1.165, 1.54) is 12.3 Å². The third kappa shape index (κ3) is 4.85. The van der Waals surface area contributed by atoms with Gasteiger partial charge in [-0.25, -0.2) is 14.4 Å². The summed E-state index contributed by atoms with van der Waals surface area (Å²) in [5, 5.41) is 19.7. The maximum Gasteiger partial charge on any atom is 0.274 e. The number of amides is 1. The molecule has 1 amide bonds. The van der Waals surface area contributed by atoms with E-state index in [0.717, 1.165) is 28.3 Å². The number of nitrogens with one attached hydrogen (secondary N) is 2. The highest BCUT2D eigenvalue weighted by Crippen LogP contribution is 2.39. The van der Waals surface area contributed by atoms with Gasteiger partial charge in [0.25, 0.3) is 11.5 Å². The molecule has 5 heterocycles. The van der Waals surface area contributed by atoms with Gasteiger partial charge in [0.15, 0.2) is 0 Å². The Bertz CT molecular complexity index is 1950. The van der Waals surface area contributed by atoms with E-state index in [4.69, 9.17) is 4.98 Å². The fraction of sp³-hybridized carbons (Fsp3) is 0.233. The summed E-state index contributed by atoms with van der Waals surface area (Å²) in [5.41, 5.74) is 3.97. The average molecular weight is 563 g/mol. The van der Waals surface area contributed by atoms with Gasteiger partial charge in [-0.15, -0.1) is 0 Å². The van der Waals surface area contributed by atoms with Gasteiger partial charge < -0.3 is 15.2 Å². The first kappa shape index (κ1) is 26.8. The predicted octanol–water partition coefficient (Wildman–Crippen LogP) is 4.34. The minimum atomic E-state index is -0.807. The van der Waals surface area contributed by atoms with Crippen LogP contribution in [0.3, 0.4) is 0 Å². The molecular weight excluding hydrogens is 535 g/mol. The molecule has 3 aromatic rings. The number of nitriles is 1. The Hall–Kier alpha value is -5.44. The lowest BCUT2D eigenvalue weighted by Crippen LogP contribution is -2.19. The number of aromatic nitrogens is 6. The Labute approximate surface area is 240 Å². The maximum absolute atomic E-state index is 15.2. The van der Waals surface area contributed by atoms with E-state index < -0.39 is 17.1 Å². The van der Waals surface area contributed by atoms with E-state index in [9.17, 15) is 10.1 Å². The van der Waals surface area contributed by atoms with E-state index in [2.05, 4.69) is 41.3 Å². The minimum Gasteiger partial charge on any atom is -0.369 e. The number of anilines is 2. The molecule has 2 aromatic heterocycles. The fourth-order valence-electron chi connectivity index (χ4n) is 4.95. The Kier molecular flexibility index (Phi) is 6.49. The zero-order chi connectivity index (χ0) is 29.6. The van der Waals surface area contributed by atoms with Crippen LogP contribution in [0.5, 0.6) is 0 Å². The van der Waals surface area contributed by atoms with E-state index in [-0.39, 0.29) is 11.4 Å². The van der Waals surface area contributed by atoms with Crippen LogP contribution in [-0.4, -0.2) is 41.8 Å². The van der Waals surface area contributed by atoms with Gasteiger partial charge in [0, 0.05) is 43.7 Å². The van der Waals surface area contributed by atoms with Crippen molar-refractivity contribution in [3.63, 3.8) is 0 Å². The van der Waals surface area contributed by atoms with E-state index >= 15 is 4.39 Å². The number of hydrogen-bond acceptors (Lipinski definition) is 8. The van der Waals surface area contributed by atoms with Crippen LogP contribution in [0.25, 0.3) is 22.5 Å². The lowest BCUT2D eigenvalue weighted by molar-refractivity contribution is 0.102. The van der Waals surface area contributed by atoms with Gasteiger partial charge in [0.1, 0.15) is 28.8 Å². The second-order valence-electron chi connectivity index (χ2n) is 10.7. The van der Waals surface area contributed by atoms with Crippen LogP contribution in [0.1, 0.15) is 35.5 Å². The van der Waals surface area contributed by atoms with Crippen molar-refractivity contribution in [3.8, 4) is 28.6 Å². The monoisotopic (exact) mass is 562 g/mol. The molecule has 0 atom stereocenters. The third-order valence-corrected chi connectivity index (χ3v) is 7.26. The number of benzene rings is 1. The van der Waals surface area contributed by atoms with E-state index in [1.54, 1.807) is 55.3 Å². The predicted molar refractivity (Wildman–Crippen MR) is 155 cm³/mol. The Morgan fingerprint density at radius 1 is 1.19 bits per heavy atom. The lowest BCUT2D eigenvalue weighted by Gasteiger charge is -2.19. The normalized spacial score (nSPS) is 13.1. The van der Waals surface area contributed by atoms with Crippen LogP contribution in [0.15, 0.2) is 60.1 Å². The SMILES string of the molecule is Cc1cc(F)c(NC(=O)c2cc(C(C)(C)C#N)ccn2)cc1-c1cc2cnc(=Nc3cnn(C)c3)nc-2n2c1NCC2. The molecule has 0 bridgehead atoms. The number of fused-ring (bicyclic) bond motifs is 3. The average Bonchev–Trinajstić information content (AvgIpc) is 3.63. The first-order valence-electron chi connectivity index (χ1n) is 13.3. The van der Waals surface area contributed by atoms with Crippen LogP contribution < -0.4 is 16.3 Å². The summed E-state index contributed by atoms with van der Waals surface area (Å²) < 4.78 is 18.9. The third-order valence-electron chi connectivity index (χ3n) is 7.26. The number of aryl methyl sites for hydroxylation is 2. The molecule has 3 aliphatic rings. The highest BCUT2D eigenvalue weighted by molar-refractivity contribution is 6.03. The molecule has 0 fully saturated rings. The van der Waals surface area contributed by atoms with Gasteiger partial charge in [-0.2, -0.15) is 15.3 Å². The van der Waals surface area contributed by atoms with Gasteiger partial charge in [-0.3, -0.25) is 14.5 Å². The van der Waals surface area contributed by atoms with Crippen LogP contribution in [0.4, 0.5) is 21.6 Å². The maximum atomic E-state index is 15.2. The topological polar surface area (TPSA) is 139 Å². The van der Waals surface area contributed by atoms with Gasteiger partial charge in [-0.05, 0) is 67.8 Å². The summed E-state index contributed by atoms with van der Waals surface area (Å²) in [6, 6.07) is 10.4. The quantitative estimate of drug-likeness (QED) is 0.325. The second kappa shape index (κ2) is 10.2. The van der Waals surface area contributed by atoms with E-state index in [0.29, 0.717) is 35.5 Å². The molecule has 2 N–H and O–H groups in total. The number of carbonyl (C=O) groups excluding carboxylic acids is 1. The Morgan fingerprint density at radius 2 is 2.02 bits per heavy atom. The molecule has 6 rings (SSSR count). The van der Waals surface area contributed by atoms with Crippen molar-refractivity contribution in [1.29, 1.82) is 5.26 Å². The smallest absolute Gasteiger partial charge is 0.274 e. The van der Waals surface area contributed by atoms with Crippen molar-refractivity contribution in [1.82, 2.24) is 29.3 Å². The Balaban J connectivity index is 1.39. The number of nitrogens with zero attached hydrogens (tertiary/aromatic N) is 8. The molecule has 1 aromatic carbocycles. The van der Waals surface area contributed by atoms with Crippen molar-refractivity contribution in [3.05, 3.63) is 83.4 Å². The molecular formula is C30H27FN10O. The minimum absolute atomic E-state index is 0.0195. The molecule has 42 heavy (non-hydrogen) atoms. The number of hydrogen-bond donors (Lipinski definition) is 2. The van der Waals surface area contributed by atoms with Crippen LogP contribution in [-0.2, 0) is 19.0 Å². The van der Waals surface area contributed by atoms with Gasteiger partial charge >= 0.3 is 0 Å². The Morgan fingerprint density at radius 3 is 2.79 bits per heavy atom. The molecule has 0 unspecified atom stereocenters. The number of carbonyl (C=O) groups is 1. The second-order valence-corrected chi connectivity index (χ2v) is 10.7. The number of rotatable bonds is 5. The zero-order valence-corrected chi connectivity index (χ0v) is 23.5. The molecule has 11 nitrogen and oxygen atoms in total. The van der Waals surface area contributed by atoms with Crippen molar-refractivity contribution in [2.24, 2.45) is 12.0 Å². The van der Waals surface area contributed by atoms with Crippen molar-refractivity contribution >= 4 is 23.1 Å². The lowest BCUT2D eigenvalue weighted by atomic mass is 9.86. The summed E-state index contributed by atoms with van der Waals surface area (Å²) in [6.07, 6.45) is 6.61. The molecule has 3 aliphatic heterocycles. The van der Waals surface area contributed by atoms with Gasteiger partial charge in [0.2, 0.25) is 0 Å². The number of pyridine rings is 2. The van der Waals surface area contributed by atoms with Crippen molar-refractivity contribution in [2.75, 3.05) is 17.2 Å². The molecule has 0 radical (unpaired) electrons. The highest BCUT2D eigenvalue weighted by atomic mass is 19.1. The first-order valence-corrected chi connectivity index (χ1v) is 13.3. The first-order chi connectivity index (χ1) is 20.1. The van der Waals surface area contributed by atoms with Crippen LogP contribution in [0, 0.1) is 24.1 Å². The van der Waals surface area contributed by atoms with Crippen molar-refractivity contribution < 1.29 is 9.18 Å². The van der Waals surface area contributed by atoms with E-state index in [1.807, 2.05) is 20.0 Å². The number of halogens is 1. The summed E-state index contributed by atoms with van der Waals surface area (Å²) in [4.78, 5) is 30.9. The standard InChI is InChI=1S/C30H27FN10O/c1-17-9-23(31)24(38-28(42)25-11-19(5-6-33-25)30(2,3)16-32)12-21(17)22-10-18-13-35-29(37-20-14-36-40(4)15-20)39-26(18)41-8-7-34-27(22)41/h5-6,9-15,34H,7-8H2,1-4H3,(H,38,42). The summed E-state index contributed by atoms with van der Waals surface area (Å²) in [5.74, 6) is 0.402. The molecule has 0 saturated carbocycles. The van der Waals surface area contributed by atoms with Crippen LogP contribution in [0.2, 0.25) is 0 Å². The molecule has 0 aliphatic carbocycles. The summed E-state index contributed by atoms with van der Waals surface area (Å²) in [7, 11) is 1.82. The highest BCUT2D eigenvalue weighted by Gasteiger charge is 2.25. The molecule has 12 heteroatoms. The molecule has 0 saturated heterocycles. The molecule has 0 spiro atoms. The fourth-order valence-corrected chi connectivity index (χ4v) is 4.95. The van der Waals surface area contributed by atoms with Gasteiger partial charge in [0.05, 0.1) is 29.6 Å².